The van der Waals surface area contributed by atoms with Gasteiger partial charge in [-0.3, -0.25) is 14.5 Å². The largest absolute Gasteiger partial charge is 0.480 e. The van der Waals surface area contributed by atoms with Crippen molar-refractivity contribution < 1.29 is 19.5 Å². The molecule has 1 fully saturated rings. The number of urea groups is 1. The minimum atomic E-state index is -1.31. The van der Waals surface area contributed by atoms with Gasteiger partial charge in [0.25, 0.3) is 5.91 Å². The van der Waals surface area contributed by atoms with Crippen LogP contribution in [0.2, 0.25) is 0 Å². The summed E-state index contributed by atoms with van der Waals surface area (Å²) in [4.78, 5) is 39.2. The Morgan fingerprint density at radius 2 is 1.69 bits per heavy atom. The molecule has 1 aliphatic rings. The summed E-state index contributed by atoms with van der Waals surface area (Å²) < 4.78 is 0. The second kappa shape index (κ2) is 6.51. The highest BCUT2D eigenvalue weighted by Gasteiger charge is 2.55. The molecule has 3 N–H and O–H groups in total. The van der Waals surface area contributed by atoms with E-state index in [4.69, 9.17) is 10.8 Å². The number of amides is 3. The van der Waals surface area contributed by atoms with E-state index in [0.717, 1.165) is 10.5 Å². The molecule has 0 saturated carbocycles. The Kier molecular flexibility index (Phi) is 4.38. The average molecular weight is 353 g/mol. The van der Waals surface area contributed by atoms with Crippen LogP contribution in [-0.2, 0) is 21.7 Å². The molecule has 0 spiro atoms. The first-order valence-electron chi connectivity index (χ1n) is 8.09. The molecule has 1 aliphatic heterocycles. The highest BCUT2D eigenvalue weighted by Crippen LogP contribution is 2.38. The van der Waals surface area contributed by atoms with Crippen molar-refractivity contribution in [2.45, 2.75) is 19.0 Å². The number of aliphatic carboxylic acids is 1. The highest BCUT2D eigenvalue weighted by molar-refractivity contribution is 6.08. The molecule has 26 heavy (non-hydrogen) atoms. The van der Waals surface area contributed by atoms with E-state index in [2.05, 4.69) is 0 Å². The quantitative estimate of drug-likeness (QED) is 0.632. The lowest BCUT2D eigenvalue weighted by molar-refractivity contribution is -0.143. The van der Waals surface area contributed by atoms with Gasteiger partial charge in [0.15, 0.2) is 0 Å². The first kappa shape index (κ1) is 17.5. The maximum absolute atomic E-state index is 13.0. The highest BCUT2D eigenvalue weighted by atomic mass is 16.4. The first-order chi connectivity index (χ1) is 12.3. The van der Waals surface area contributed by atoms with Crippen LogP contribution in [0.4, 0.5) is 10.5 Å². The van der Waals surface area contributed by atoms with E-state index in [1.165, 1.54) is 4.90 Å². The number of carbonyl (C=O) groups is 3. The molecule has 3 amide bonds. The topological polar surface area (TPSA) is 104 Å². The summed E-state index contributed by atoms with van der Waals surface area (Å²) in [7, 11) is 0. The first-order valence-corrected chi connectivity index (χ1v) is 8.09. The monoisotopic (exact) mass is 353 g/mol. The van der Waals surface area contributed by atoms with Crippen LogP contribution in [0, 0.1) is 0 Å². The molecule has 0 aliphatic carbocycles. The number of carboxylic acid groups (broad SMARTS) is 1. The lowest BCUT2D eigenvalue weighted by Gasteiger charge is -2.32. The van der Waals surface area contributed by atoms with Crippen LogP contribution in [0.5, 0.6) is 0 Å². The van der Waals surface area contributed by atoms with Crippen molar-refractivity contribution >= 4 is 23.6 Å². The number of rotatable bonds is 5. The van der Waals surface area contributed by atoms with Gasteiger partial charge >= 0.3 is 12.0 Å². The molecule has 134 valence electrons. The van der Waals surface area contributed by atoms with Crippen LogP contribution < -0.4 is 5.73 Å². The molecule has 3 rings (SSSR count). The van der Waals surface area contributed by atoms with E-state index in [1.54, 1.807) is 31.2 Å². The average Bonchev–Trinajstić information content (AvgIpc) is 2.79. The van der Waals surface area contributed by atoms with Crippen molar-refractivity contribution in [3.8, 4) is 0 Å². The van der Waals surface area contributed by atoms with Crippen molar-refractivity contribution in [3.05, 3.63) is 65.7 Å². The number of anilines is 1. The predicted molar refractivity (Wildman–Crippen MR) is 94.9 cm³/mol. The minimum Gasteiger partial charge on any atom is -0.480 e. The van der Waals surface area contributed by atoms with Crippen molar-refractivity contribution in [1.82, 2.24) is 9.80 Å². The Hall–Kier alpha value is -3.35. The fraction of sp³-hybridized carbons (Fsp3) is 0.211. The Morgan fingerprint density at radius 3 is 2.27 bits per heavy atom. The number of nitrogens with two attached hydrogens (primary N) is 1. The number of carbonyl (C=O) groups excluding carboxylic acids is 2. The number of hydrogen-bond acceptors (Lipinski definition) is 4. The predicted octanol–water partition coefficient (Wildman–Crippen LogP) is 2.03. The van der Waals surface area contributed by atoms with Gasteiger partial charge < -0.3 is 15.7 Å². The van der Waals surface area contributed by atoms with Crippen LogP contribution in [-0.4, -0.2) is 39.4 Å². The molecule has 1 unspecified atom stereocenters. The summed E-state index contributed by atoms with van der Waals surface area (Å²) >= 11 is 0. The molecular formula is C19H19N3O4. The molecule has 1 heterocycles. The third-order valence-corrected chi connectivity index (χ3v) is 4.61. The third kappa shape index (κ3) is 2.88. The van der Waals surface area contributed by atoms with Crippen molar-refractivity contribution in [2.75, 3.05) is 12.3 Å². The molecule has 2 aromatic carbocycles. The van der Waals surface area contributed by atoms with Crippen LogP contribution >= 0.6 is 0 Å². The maximum Gasteiger partial charge on any atom is 0.328 e. The molecule has 1 saturated heterocycles. The van der Waals surface area contributed by atoms with Gasteiger partial charge in [-0.25, -0.2) is 4.79 Å². The maximum atomic E-state index is 13.0. The standard InChI is InChI=1S/C19H19N3O4/c1-19(14-7-9-15(20)10-8-14)17(25)21(12-16(23)24)18(26)22(19)11-13-5-3-2-4-6-13/h2-10H,11-12,20H2,1H3,(H,23,24). The summed E-state index contributed by atoms with van der Waals surface area (Å²) in [6.45, 7) is 1.14. The van der Waals surface area contributed by atoms with E-state index in [0.29, 0.717) is 11.3 Å². The number of nitrogen functional groups attached to an aromatic ring is 1. The van der Waals surface area contributed by atoms with Gasteiger partial charge in [0.05, 0.1) is 0 Å². The van der Waals surface area contributed by atoms with Crippen molar-refractivity contribution in [3.63, 3.8) is 0 Å². The Labute approximate surface area is 150 Å². The summed E-state index contributed by atoms with van der Waals surface area (Å²) in [6, 6.07) is 15.3. The summed E-state index contributed by atoms with van der Waals surface area (Å²) in [5.74, 6) is -1.81. The van der Waals surface area contributed by atoms with Crippen LogP contribution in [0.1, 0.15) is 18.1 Å². The van der Waals surface area contributed by atoms with Crippen molar-refractivity contribution in [1.29, 1.82) is 0 Å². The van der Waals surface area contributed by atoms with Crippen LogP contribution in [0.25, 0.3) is 0 Å². The Balaban J connectivity index is 2.06. The lowest BCUT2D eigenvalue weighted by Crippen LogP contribution is -2.44. The van der Waals surface area contributed by atoms with Crippen LogP contribution in [0.3, 0.4) is 0 Å². The van der Waals surface area contributed by atoms with E-state index >= 15 is 0 Å². The number of carboxylic acids is 1. The van der Waals surface area contributed by atoms with E-state index in [-0.39, 0.29) is 6.54 Å². The SMILES string of the molecule is CC1(c2ccc(N)cc2)C(=O)N(CC(=O)O)C(=O)N1Cc1ccccc1. The molecule has 0 radical (unpaired) electrons. The second-order valence-electron chi connectivity index (χ2n) is 6.33. The second-order valence-corrected chi connectivity index (χ2v) is 6.33. The molecule has 0 aromatic heterocycles. The number of imide groups is 1. The van der Waals surface area contributed by atoms with E-state index in [9.17, 15) is 14.4 Å². The summed E-state index contributed by atoms with van der Waals surface area (Å²) in [5, 5.41) is 9.08. The fourth-order valence-electron chi connectivity index (χ4n) is 3.16. The molecule has 2 aromatic rings. The Morgan fingerprint density at radius 1 is 1.08 bits per heavy atom. The van der Waals surface area contributed by atoms with Gasteiger partial charge in [-0.2, -0.15) is 0 Å². The fourth-order valence-corrected chi connectivity index (χ4v) is 3.16. The van der Waals surface area contributed by atoms with Gasteiger partial charge in [-0.1, -0.05) is 42.5 Å². The Bertz CT molecular complexity index is 851. The number of hydrogen-bond donors (Lipinski definition) is 2. The molecule has 0 bridgehead atoms. The third-order valence-electron chi connectivity index (χ3n) is 4.61. The number of nitrogens with zero attached hydrogens (tertiary/aromatic N) is 2. The zero-order chi connectivity index (χ0) is 18.9. The summed E-state index contributed by atoms with van der Waals surface area (Å²) in [5.41, 5.74) is 6.37. The lowest BCUT2D eigenvalue weighted by atomic mass is 9.89. The van der Waals surface area contributed by atoms with Gasteiger partial charge in [-0.05, 0) is 30.2 Å². The zero-order valence-electron chi connectivity index (χ0n) is 14.3. The molecular weight excluding hydrogens is 334 g/mol. The molecule has 1 atom stereocenters. The van der Waals surface area contributed by atoms with Gasteiger partial charge in [0.2, 0.25) is 0 Å². The van der Waals surface area contributed by atoms with Gasteiger partial charge in [0.1, 0.15) is 12.1 Å². The molecule has 7 heteroatoms. The zero-order valence-corrected chi connectivity index (χ0v) is 14.3. The van der Waals surface area contributed by atoms with Crippen molar-refractivity contribution in [2.24, 2.45) is 0 Å². The summed E-state index contributed by atoms with van der Waals surface area (Å²) in [6.07, 6.45) is 0. The van der Waals surface area contributed by atoms with E-state index in [1.807, 2.05) is 30.3 Å². The van der Waals surface area contributed by atoms with Gasteiger partial charge in [0, 0.05) is 12.2 Å². The van der Waals surface area contributed by atoms with E-state index < -0.39 is 30.0 Å². The number of benzene rings is 2. The van der Waals surface area contributed by atoms with Crippen LogP contribution in [0.15, 0.2) is 54.6 Å². The normalized spacial score (nSPS) is 19.9. The minimum absolute atomic E-state index is 0.183. The molecule has 7 nitrogen and oxygen atoms in total. The van der Waals surface area contributed by atoms with Gasteiger partial charge in [-0.15, -0.1) is 0 Å². The smallest absolute Gasteiger partial charge is 0.328 e.